The molecule has 0 saturated heterocycles. The average Bonchev–Trinajstić information content (AvgIpc) is 2.58. The molecule has 0 spiro atoms. The van der Waals surface area contributed by atoms with Crippen LogP contribution in [0, 0.1) is 34.6 Å². The fraction of sp³-hybridized carbons (Fsp3) is 0.375. The van der Waals surface area contributed by atoms with Crippen LogP contribution in [0.2, 0.25) is 0 Å². The van der Waals surface area contributed by atoms with Gasteiger partial charge in [-0.15, -0.1) is 0 Å². The van der Waals surface area contributed by atoms with E-state index in [0.29, 0.717) is 0 Å². The number of aliphatic hydroxyl groups is 1. The zero-order chi connectivity index (χ0) is 13.4. The summed E-state index contributed by atoms with van der Waals surface area (Å²) in [6.45, 7) is 10.3. The minimum atomic E-state index is -0.570. The van der Waals surface area contributed by atoms with E-state index in [1.54, 1.807) is 0 Å². The van der Waals surface area contributed by atoms with Crippen molar-refractivity contribution in [3.63, 3.8) is 0 Å². The van der Waals surface area contributed by atoms with E-state index < -0.39 is 6.10 Å². The largest absolute Gasteiger partial charge is 0.382 e. The number of aliphatic hydroxyl groups excluding tert-OH is 1. The number of nitrogens with one attached hydrogen (secondary N) is 1. The standard InChI is InChI=1S/C16H21NO/c1-9-6-10(2)14(11(3)7-9)16(18)15-13(5)12(4)8-17-15/h6-8,16-18H,1-5H3. The van der Waals surface area contributed by atoms with E-state index in [1.165, 1.54) is 11.1 Å². The van der Waals surface area contributed by atoms with Crippen LogP contribution in [0.3, 0.4) is 0 Å². The predicted octanol–water partition coefficient (Wildman–Crippen LogP) is 3.64. The van der Waals surface area contributed by atoms with Gasteiger partial charge in [-0.2, -0.15) is 0 Å². The first-order chi connectivity index (χ1) is 8.41. The maximum absolute atomic E-state index is 10.6. The van der Waals surface area contributed by atoms with Crippen LogP contribution in [0.4, 0.5) is 0 Å². The maximum Gasteiger partial charge on any atom is 0.120 e. The molecule has 0 aliphatic heterocycles. The minimum absolute atomic E-state index is 0.570. The van der Waals surface area contributed by atoms with Gasteiger partial charge in [0.1, 0.15) is 6.10 Å². The Morgan fingerprint density at radius 1 is 0.944 bits per heavy atom. The van der Waals surface area contributed by atoms with E-state index in [1.807, 2.05) is 13.1 Å². The van der Waals surface area contributed by atoms with Gasteiger partial charge < -0.3 is 10.1 Å². The van der Waals surface area contributed by atoms with Crippen LogP contribution in [-0.2, 0) is 0 Å². The quantitative estimate of drug-likeness (QED) is 0.830. The molecule has 2 nitrogen and oxygen atoms in total. The summed E-state index contributed by atoms with van der Waals surface area (Å²) < 4.78 is 0. The van der Waals surface area contributed by atoms with Gasteiger partial charge >= 0.3 is 0 Å². The van der Waals surface area contributed by atoms with E-state index in [2.05, 4.69) is 44.8 Å². The van der Waals surface area contributed by atoms with Crippen molar-refractivity contribution in [2.24, 2.45) is 0 Å². The molecule has 1 heterocycles. The molecule has 2 aromatic rings. The lowest BCUT2D eigenvalue weighted by molar-refractivity contribution is 0.213. The lowest BCUT2D eigenvalue weighted by Gasteiger charge is -2.17. The van der Waals surface area contributed by atoms with E-state index in [-0.39, 0.29) is 0 Å². The average molecular weight is 243 g/mol. The summed E-state index contributed by atoms with van der Waals surface area (Å²) in [5.41, 5.74) is 7.78. The summed E-state index contributed by atoms with van der Waals surface area (Å²) in [6.07, 6.45) is 1.38. The first-order valence-electron chi connectivity index (χ1n) is 6.32. The third-order valence-corrected chi connectivity index (χ3v) is 3.72. The molecule has 1 aromatic carbocycles. The summed E-state index contributed by atoms with van der Waals surface area (Å²) >= 11 is 0. The Kier molecular flexibility index (Phi) is 3.31. The fourth-order valence-electron chi connectivity index (χ4n) is 2.67. The number of hydrogen-bond acceptors (Lipinski definition) is 1. The van der Waals surface area contributed by atoms with Gasteiger partial charge in [-0.05, 0) is 62.4 Å². The minimum Gasteiger partial charge on any atom is -0.382 e. The fourth-order valence-corrected chi connectivity index (χ4v) is 2.67. The molecule has 1 atom stereocenters. The first kappa shape index (κ1) is 12.9. The molecule has 0 saturated carbocycles. The SMILES string of the molecule is Cc1cc(C)c(C(O)c2[nH]cc(C)c2C)c(C)c1. The van der Waals surface area contributed by atoms with Crippen molar-refractivity contribution in [2.75, 3.05) is 0 Å². The van der Waals surface area contributed by atoms with E-state index in [9.17, 15) is 5.11 Å². The summed E-state index contributed by atoms with van der Waals surface area (Å²) in [7, 11) is 0. The molecule has 2 rings (SSSR count). The molecule has 0 fully saturated rings. The van der Waals surface area contributed by atoms with Crippen LogP contribution < -0.4 is 0 Å². The van der Waals surface area contributed by atoms with E-state index in [0.717, 1.165) is 27.9 Å². The lowest BCUT2D eigenvalue weighted by Crippen LogP contribution is -2.07. The highest BCUT2D eigenvalue weighted by atomic mass is 16.3. The van der Waals surface area contributed by atoms with Crippen LogP contribution in [0.1, 0.15) is 45.2 Å². The molecule has 96 valence electrons. The van der Waals surface area contributed by atoms with Gasteiger partial charge in [-0.25, -0.2) is 0 Å². The van der Waals surface area contributed by atoms with E-state index >= 15 is 0 Å². The number of rotatable bonds is 2. The highest BCUT2D eigenvalue weighted by molar-refractivity contribution is 5.44. The van der Waals surface area contributed by atoms with Gasteiger partial charge in [-0.1, -0.05) is 17.7 Å². The normalized spacial score (nSPS) is 12.8. The Labute approximate surface area is 109 Å². The topological polar surface area (TPSA) is 36.0 Å². The predicted molar refractivity (Wildman–Crippen MR) is 75.0 cm³/mol. The van der Waals surface area contributed by atoms with Crippen molar-refractivity contribution in [2.45, 2.75) is 40.7 Å². The monoisotopic (exact) mass is 243 g/mol. The molecule has 2 heteroatoms. The summed E-state index contributed by atoms with van der Waals surface area (Å²) in [5, 5.41) is 10.6. The summed E-state index contributed by atoms with van der Waals surface area (Å²) in [6, 6.07) is 4.24. The van der Waals surface area contributed by atoms with Crippen LogP contribution in [0.25, 0.3) is 0 Å². The molecular formula is C16H21NO. The molecule has 1 aromatic heterocycles. The van der Waals surface area contributed by atoms with Gasteiger partial charge in [0.2, 0.25) is 0 Å². The second-order valence-electron chi connectivity index (χ2n) is 5.23. The van der Waals surface area contributed by atoms with Crippen LogP contribution in [0.5, 0.6) is 0 Å². The lowest BCUT2D eigenvalue weighted by atomic mass is 9.93. The van der Waals surface area contributed by atoms with E-state index in [4.69, 9.17) is 0 Å². The summed E-state index contributed by atoms with van der Waals surface area (Å²) in [5.74, 6) is 0. The van der Waals surface area contributed by atoms with Gasteiger partial charge in [0.25, 0.3) is 0 Å². The molecule has 0 aliphatic carbocycles. The van der Waals surface area contributed by atoms with Crippen LogP contribution in [0.15, 0.2) is 18.3 Å². The van der Waals surface area contributed by atoms with Crippen LogP contribution in [-0.4, -0.2) is 10.1 Å². The Morgan fingerprint density at radius 2 is 1.50 bits per heavy atom. The summed E-state index contributed by atoms with van der Waals surface area (Å²) in [4.78, 5) is 3.19. The van der Waals surface area contributed by atoms with Crippen molar-refractivity contribution >= 4 is 0 Å². The second kappa shape index (κ2) is 4.62. The third-order valence-electron chi connectivity index (χ3n) is 3.72. The number of aromatic nitrogens is 1. The molecular weight excluding hydrogens is 222 g/mol. The Morgan fingerprint density at radius 3 is 1.94 bits per heavy atom. The van der Waals surface area contributed by atoms with Crippen molar-refractivity contribution in [1.29, 1.82) is 0 Å². The third kappa shape index (κ3) is 2.08. The van der Waals surface area contributed by atoms with Crippen molar-refractivity contribution < 1.29 is 5.11 Å². The number of aryl methyl sites for hydroxylation is 4. The Balaban J connectivity index is 2.53. The maximum atomic E-state index is 10.6. The van der Waals surface area contributed by atoms with Gasteiger partial charge in [0, 0.05) is 6.20 Å². The first-order valence-corrected chi connectivity index (χ1v) is 6.32. The molecule has 18 heavy (non-hydrogen) atoms. The zero-order valence-electron chi connectivity index (χ0n) is 11.8. The molecule has 0 bridgehead atoms. The number of hydrogen-bond donors (Lipinski definition) is 2. The highest BCUT2D eigenvalue weighted by Gasteiger charge is 2.19. The highest BCUT2D eigenvalue weighted by Crippen LogP contribution is 2.30. The van der Waals surface area contributed by atoms with Crippen molar-refractivity contribution in [3.8, 4) is 0 Å². The van der Waals surface area contributed by atoms with Gasteiger partial charge in [-0.3, -0.25) is 0 Å². The van der Waals surface area contributed by atoms with Gasteiger partial charge in [0.05, 0.1) is 5.69 Å². The zero-order valence-corrected chi connectivity index (χ0v) is 11.8. The van der Waals surface area contributed by atoms with Crippen LogP contribution >= 0.6 is 0 Å². The number of H-pyrrole nitrogens is 1. The molecule has 0 radical (unpaired) electrons. The Hall–Kier alpha value is -1.54. The number of aromatic amines is 1. The van der Waals surface area contributed by atoms with Crippen molar-refractivity contribution in [1.82, 2.24) is 4.98 Å². The smallest absolute Gasteiger partial charge is 0.120 e. The van der Waals surface area contributed by atoms with Crippen molar-refractivity contribution in [3.05, 3.63) is 57.4 Å². The molecule has 2 N–H and O–H groups in total. The molecule has 1 unspecified atom stereocenters. The van der Waals surface area contributed by atoms with Gasteiger partial charge in [0.15, 0.2) is 0 Å². The molecule has 0 amide bonds. The molecule has 0 aliphatic rings. The Bertz CT molecular complexity index is 558. The number of benzene rings is 1. The second-order valence-corrected chi connectivity index (χ2v) is 5.23.